The SMILES string of the molecule is CC1(C)/C(=C/C=C/C=C/C=C/C2N(CCO)c3ccccc3C2(C)C)N(CCO)c2ccccc21.Cl. The molecule has 36 heavy (non-hydrogen) atoms. The third-order valence-corrected chi connectivity index (χ3v) is 7.44. The standard InChI is InChI=1S/C31H38N2O2.ClH/c1-30(2)24-14-10-12-16-26(24)32(20-22-34)28(30)18-8-6-5-7-9-19-29-31(3,4)25-15-11-13-17-27(25)33(29)21-23-35;/h5-19,28,34-35H,20-23H2,1-4H3;1H/b6-5+,9-7+,18-8+,29-19-;. The second-order valence-electron chi connectivity index (χ2n) is 10.3. The first kappa shape index (κ1) is 27.8. The molecule has 2 aromatic rings. The van der Waals surface area contributed by atoms with Crippen LogP contribution in [0.5, 0.6) is 0 Å². The lowest BCUT2D eigenvalue weighted by Crippen LogP contribution is -2.41. The van der Waals surface area contributed by atoms with Gasteiger partial charge < -0.3 is 20.0 Å². The van der Waals surface area contributed by atoms with Crippen LogP contribution >= 0.6 is 12.4 Å². The molecule has 4 rings (SSSR count). The molecular weight excluding hydrogens is 468 g/mol. The van der Waals surface area contributed by atoms with E-state index in [1.54, 1.807) is 0 Å². The number of aliphatic hydroxyl groups excluding tert-OH is 2. The van der Waals surface area contributed by atoms with Crippen LogP contribution in [-0.4, -0.2) is 42.6 Å². The number of halogens is 1. The van der Waals surface area contributed by atoms with Crippen molar-refractivity contribution in [2.24, 2.45) is 0 Å². The average Bonchev–Trinajstić information content (AvgIpc) is 3.19. The van der Waals surface area contributed by atoms with Crippen LogP contribution in [0.2, 0.25) is 0 Å². The molecule has 0 saturated carbocycles. The minimum atomic E-state index is -0.112. The lowest BCUT2D eigenvalue weighted by Gasteiger charge is -2.32. The summed E-state index contributed by atoms with van der Waals surface area (Å²) < 4.78 is 0. The minimum absolute atomic E-state index is 0. The van der Waals surface area contributed by atoms with Crippen molar-refractivity contribution < 1.29 is 10.2 Å². The van der Waals surface area contributed by atoms with Gasteiger partial charge in [-0.05, 0) is 29.3 Å². The Labute approximate surface area is 222 Å². The van der Waals surface area contributed by atoms with Crippen molar-refractivity contribution >= 4 is 23.8 Å². The first-order valence-corrected chi connectivity index (χ1v) is 12.5. The number of hydrogen-bond acceptors (Lipinski definition) is 4. The van der Waals surface area contributed by atoms with Crippen molar-refractivity contribution in [3.63, 3.8) is 0 Å². The highest BCUT2D eigenvalue weighted by atomic mass is 35.5. The molecule has 0 spiro atoms. The normalized spacial score (nSPS) is 21.1. The number of aliphatic hydroxyl groups is 2. The van der Waals surface area contributed by atoms with E-state index in [0.29, 0.717) is 13.1 Å². The highest BCUT2D eigenvalue weighted by molar-refractivity contribution is 5.85. The number of allylic oxidation sites excluding steroid dienone is 7. The lowest BCUT2D eigenvalue weighted by molar-refractivity contribution is 0.296. The van der Waals surface area contributed by atoms with Crippen molar-refractivity contribution in [2.75, 3.05) is 36.1 Å². The Hall–Kier alpha value is -2.79. The van der Waals surface area contributed by atoms with E-state index < -0.39 is 0 Å². The van der Waals surface area contributed by atoms with Crippen LogP contribution < -0.4 is 9.80 Å². The van der Waals surface area contributed by atoms with Crippen LogP contribution in [0.25, 0.3) is 0 Å². The van der Waals surface area contributed by atoms with E-state index in [0.717, 1.165) is 0 Å². The quantitative estimate of drug-likeness (QED) is 0.437. The largest absolute Gasteiger partial charge is 0.395 e. The number of benzene rings is 2. The van der Waals surface area contributed by atoms with Crippen molar-refractivity contribution in [3.8, 4) is 0 Å². The topological polar surface area (TPSA) is 46.9 Å². The number of anilines is 2. The van der Waals surface area contributed by atoms with Crippen molar-refractivity contribution in [1.29, 1.82) is 0 Å². The Morgan fingerprint density at radius 3 is 2.03 bits per heavy atom. The van der Waals surface area contributed by atoms with Crippen LogP contribution in [0, 0.1) is 0 Å². The van der Waals surface area contributed by atoms with Gasteiger partial charge in [-0.1, -0.05) is 101 Å². The number of nitrogens with zero attached hydrogens (tertiary/aromatic N) is 2. The summed E-state index contributed by atoms with van der Waals surface area (Å²) >= 11 is 0. The number of β-amino-alcohol motifs (C(OH)–C–C–N with tert-alkyl or cyclic N) is 2. The Morgan fingerprint density at radius 1 is 0.750 bits per heavy atom. The number of fused-ring (bicyclic) bond motifs is 2. The Bertz CT molecular complexity index is 1160. The van der Waals surface area contributed by atoms with E-state index in [-0.39, 0.29) is 42.5 Å². The Balaban J connectivity index is 0.00000361. The molecule has 1 atom stereocenters. The van der Waals surface area contributed by atoms with E-state index >= 15 is 0 Å². The summed E-state index contributed by atoms with van der Waals surface area (Å²) in [5.41, 5.74) is 6.05. The summed E-state index contributed by atoms with van der Waals surface area (Å²) in [4.78, 5) is 4.52. The molecule has 192 valence electrons. The summed E-state index contributed by atoms with van der Waals surface area (Å²) in [5.74, 6) is 0. The molecule has 0 radical (unpaired) electrons. The molecule has 0 aromatic heterocycles. The Kier molecular flexibility index (Phi) is 8.89. The summed E-state index contributed by atoms with van der Waals surface area (Å²) in [6.07, 6.45) is 14.7. The zero-order chi connectivity index (χ0) is 25.1. The highest BCUT2D eigenvalue weighted by Gasteiger charge is 2.42. The lowest BCUT2D eigenvalue weighted by atomic mass is 9.80. The molecule has 0 fully saturated rings. The molecule has 0 bridgehead atoms. The highest BCUT2D eigenvalue weighted by Crippen LogP contribution is 2.47. The third-order valence-electron chi connectivity index (χ3n) is 7.44. The molecular formula is C31H39ClN2O2. The second kappa shape index (κ2) is 11.5. The minimum Gasteiger partial charge on any atom is -0.395 e. The van der Waals surface area contributed by atoms with Gasteiger partial charge in [0.2, 0.25) is 0 Å². The average molecular weight is 507 g/mol. The maximum Gasteiger partial charge on any atom is 0.0610 e. The van der Waals surface area contributed by atoms with E-state index in [2.05, 4.69) is 116 Å². The van der Waals surface area contributed by atoms with Gasteiger partial charge in [-0.3, -0.25) is 0 Å². The van der Waals surface area contributed by atoms with Crippen LogP contribution in [0.3, 0.4) is 0 Å². The molecule has 5 heteroatoms. The van der Waals surface area contributed by atoms with Gasteiger partial charge in [0.1, 0.15) is 0 Å². The second-order valence-corrected chi connectivity index (χ2v) is 10.3. The van der Waals surface area contributed by atoms with Gasteiger partial charge in [0.25, 0.3) is 0 Å². The zero-order valence-electron chi connectivity index (χ0n) is 21.8. The van der Waals surface area contributed by atoms with Gasteiger partial charge in [-0.2, -0.15) is 0 Å². The van der Waals surface area contributed by atoms with Gasteiger partial charge >= 0.3 is 0 Å². The smallest absolute Gasteiger partial charge is 0.0610 e. The summed E-state index contributed by atoms with van der Waals surface area (Å²) in [7, 11) is 0. The van der Waals surface area contributed by atoms with Crippen molar-refractivity contribution in [1.82, 2.24) is 0 Å². The fraction of sp³-hybridized carbons (Fsp3) is 0.355. The van der Waals surface area contributed by atoms with E-state index in [1.165, 1.54) is 28.2 Å². The monoisotopic (exact) mass is 506 g/mol. The first-order chi connectivity index (χ1) is 16.8. The molecule has 2 N–H and O–H groups in total. The molecule has 4 nitrogen and oxygen atoms in total. The van der Waals surface area contributed by atoms with Gasteiger partial charge in [0.05, 0.1) is 19.3 Å². The van der Waals surface area contributed by atoms with Crippen molar-refractivity contribution in [3.05, 3.63) is 108 Å². The zero-order valence-corrected chi connectivity index (χ0v) is 22.6. The molecule has 2 aromatic carbocycles. The van der Waals surface area contributed by atoms with E-state index in [9.17, 15) is 10.2 Å². The van der Waals surface area contributed by atoms with Crippen LogP contribution in [-0.2, 0) is 10.8 Å². The van der Waals surface area contributed by atoms with Crippen LogP contribution in [0.1, 0.15) is 38.8 Å². The van der Waals surface area contributed by atoms with E-state index in [1.807, 2.05) is 12.2 Å². The molecule has 0 aliphatic carbocycles. The van der Waals surface area contributed by atoms with Gasteiger partial charge in [0, 0.05) is 41.0 Å². The Morgan fingerprint density at radius 2 is 1.33 bits per heavy atom. The van der Waals surface area contributed by atoms with E-state index in [4.69, 9.17) is 0 Å². The molecule has 2 heterocycles. The fourth-order valence-electron chi connectivity index (χ4n) is 5.67. The summed E-state index contributed by atoms with van der Waals surface area (Å²) in [6, 6.07) is 17.1. The molecule has 1 unspecified atom stereocenters. The van der Waals surface area contributed by atoms with Gasteiger partial charge in [0.15, 0.2) is 0 Å². The molecule has 2 aliphatic heterocycles. The first-order valence-electron chi connectivity index (χ1n) is 12.5. The van der Waals surface area contributed by atoms with Gasteiger partial charge in [-0.25, -0.2) is 0 Å². The summed E-state index contributed by atoms with van der Waals surface area (Å²) in [5, 5.41) is 19.3. The van der Waals surface area contributed by atoms with Gasteiger partial charge in [-0.15, -0.1) is 12.4 Å². The predicted octanol–water partition coefficient (Wildman–Crippen LogP) is 5.91. The number of hydrogen-bond donors (Lipinski definition) is 2. The number of para-hydroxylation sites is 2. The van der Waals surface area contributed by atoms with Crippen LogP contribution in [0.4, 0.5) is 11.4 Å². The maximum atomic E-state index is 9.63. The number of rotatable bonds is 8. The molecule has 0 saturated heterocycles. The maximum absolute atomic E-state index is 9.63. The summed E-state index contributed by atoms with van der Waals surface area (Å²) in [6.45, 7) is 10.5. The third kappa shape index (κ3) is 5.04. The predicted molar refractivity (Wildman–Crippen MR) is 154 cm³/mol. The molecule has 2 aliphatic rings. The van der Waals surface area contributed by atoms with Crippen LogP contribution in [0.15, 0.2) is 96.8 Å². The van der Waals surface area contributed by atoms with Crippen molar-refractivity contribution in [2.45, 2.75) is 44.6 Å². The fourth-order valence-corrected chi connectivity index (χ4v) is 5.67. The molecule has 0 amide bonds.